The average molecular weight is 310 g/mol. The van der Waals surface area contributed by atoms with Crippen LogP contribution in [-0.2, 0) is 11.2 Å². The highest BCUT2D eigenvalue weighted by atomic mass is 16.1. The summed E-state index contributed by atoms with van der Waals surface area (Å²) in [5, 5.41) is 6.32. The zero-order chi connectivity index (χ0) is 16.3. The summed E-state index contributed by atoms with van der Waals surface area (Å²) in [4.78, 5) is 11.8. The molecule has 0 saturated heterocycles. The Morgan fingerprint density at radius 1 is 0.913 bits per heavy atom. The molecule has 1 amide bonds. The molecule has 0 heterocycles. The van der Waals surface area contributed by atoms with Gasteiger partial charge < -0.3 is 10.6 Å². The first-order chi connectivity index (χ1) is 11.2. The fraction of sp³-hybridized carbons (Fsp3) is 0.350. The van der Waals surface area contributed by atoms with Crippen molar-refractivity contribution in [1.82, 2.24) is 5.32 Å². The predicted octanol–water partition coefficient (Wildman–Crippen LogP) is 3.94. The van der Waals surface area contributed by atoms with Crippen LogP contribution >= 0.6 is 0 Å². The second kappa shape index (κ2) is 9.67. The average Bonchev–Trinajstić information content (AvgIpc) is 2.57. The van der Waals surface area contributed by atoms with Gasteiger partial charge in [-0.2, -0.15) is 0 Å². The van der Waals surface area contributed by atoms with Gasteiger partial charge in [-0.15, -0.1) is 0 Å². The number of amides is 1. The second-order valence-corrected chi connectivity index (χ2v) is 5.84. The van der Waals surface area contributed by atoms with E-state index < -0.39 is 0 Å². The smallest absolute Gasteiger partial charge is 0.220 e. The van der Waals surface area contributed by atoms with E-state index in [9.17, 15) is 4.79 Å². The Balaban J connectivity index is 1.51. The SMILES string of the molecule is Cc1ccc(CCCC(=O)NCCCNc2ccccc2)cc1. The van der Waals surface area contributed by atoms with Crippen LogP contribution in [-0.4, -0.2) is 19.0 Å². The molecule has 0 aliphatic carbocycles. The molecule has 0 atom stereocenters. The lowest BCUT2D eigenvalue weighted by atomic mass is 10.1. The molecule has 122 valence electrons. The van der Waals surface area contributed by atoms with Gasteiger partial charge in [0, 0.05) is 25.2 Å². The third kappa shape index (κ3) is 7.00. The minimum atomic E-state index is 0.150. The summed E-state index contributed by atoms with van der Waals surface area (Å²) >= 11 is 0. The van der Waals surface area contributed by atoms with Crippen LogP contribution in [0, 0.1) is 6.92 Å². The van der Waals surface area contributed by atoms with E-state index in [1.54, 1.807) is 0 Å². The van der Waals surface area contributed by atoms with Gasteiger partial charge >= 0.3 is 0 Å². The van der Waals surface area contributed by atoms with Crippen LogP contribution in [0.3, 0.4) is 0 Å². The van der Waals surface area contributed by atoms with E-state index in [0.717, 1.165) is 38.0 Å². The number of carbonyl (C=O) groups is 1. The van der Waals surface area contributed by atoms with Crippen LogP contribution in [0.4, 0.5) is 5.69 Å². The molecule has 0 aliphatic rings. The lowest BCUT2D eigenvalue weighted by Crippen LogP contribution is -2.25. The highest BCUT2D eigenvalue weighted by Gasteiger charge is 2.01. The lowest BCUT2D eigenvalue weighted by molar-refractivity contribution is -0.121. The molecule has 3 heteroatoms. The number of para-hydroxylation sites is 1. The van der Waals surface area contributed by atoms with E-state index in [-0.39, 0.29) is 5.91 Å². The molecule has 0 fully saturated rings. The van der Waals surface area contributed by atoms with Crippen molar-refractivity contribution in [3.05, 3.63) is 65.7 Å². The van der Waals surface area contributed by atoms with Gasteiger partial charge in [-0.05, 0) is 43.9 Å². The molecular weight excluding hydrogens is 284 g/mol. The van der Waals surface area contributed by atoms with Gasteiger partial charge in [-0.25, -0.2) is 0 Å². The maximum absolute atomic E-state index is 11.8. The van der Waals surface area contributed by atoms with Gasteiger partial charge in [-0.1, -0.05) is 48.0 Å². The Labute approximate surface area is 139 Å². The minimum Gasteiger partial charge on any atom is -0.385 e. The van der Waals surface area contributed by atoms with E-state index in [4.69, 9.17) is 0 Å². The van der Waals surface area contributed by atoms with Crippen molar-refractivity contribution in [3.63, 3.8) is 0 Å². The Morgan fingerprint density at radius 2 is 1.65 bits per heavy atom. The van der Waals surface area contributed by atoms with Crippen LogP contribution in [0.1, 0.15) is 30.4 Å². The Morgan fingerprint density at radius 3 is 2.39 bits per heavy atom. The predicted molar refractivity (Wildman–Crippen MR) is 96.7 cm³/mol. The fourth-order valence-corrected chi connectivity index (χ4v) is 2.40. The molecule has 0 bridgehead atoms. The Hall–Kier alpha value is -2.29. The molecule has 2 rings (SSSR count). The van der Waals surface area contributed by atoms with Crippen molar-refractivity contribution in [2.24, 2.45) is 0 Å². The van der Waals surface area contributed by atoms with E-state index in [1.807, 2.05) is 30.3 Å². The van der Waals surface area contributed by atoms with Gasteiger partial charge in [0.15, 0.2) is 0 Å². The summed E-state index contributed by atoms with van der Waals surface area (Å²) in [6.45, 7) is 3.68. The minimum absolute atomic E-state index is 0.150. The molecule has 0 spiro atoms. The highest BCUT2D eigenvalue weighted by Crippen LogP contribution is 2.07. The maximum Gasteiger partial charge on any atom is 0.220 e. The molecule has 3 nitrogen and oxygen atoms in total. The summed E-state index contributed by atoms with van der Waals surface area (Å²) in [6.07, 6.45) is 3.39. The fourth-order valence-electron chi connectivity index (χ4n) is 2.40. The zero-order valence-electron chi connectivity index (χ0n) is 13.8. The molecule has 0 saturated carbocycles. The summed E-state index contributed by atoms with van der Waals surface area (Å²) < 4.78 is 0. The number of nitrogens with one attached hydrogen (secondary N) is 2. The molecule has 0 aliphatic heterocycles. The highest BCUT2D eigenvalue weighted by molar-refractivity contribution is 5.75. The molecule has 0 unspecified atom stereocenters. The molecule has 2 aromatic rings. The summed E-state index contributed by atoms with van der Waals surface area (Å²) in [6, 6.07) is 18.6. The quantitative estimate of drug-likeness (QED) is 0.689. The van der Waals surface area contributed by atoms with Crippen molar-refractivity contribution < 1.29 is 4.79 Å². The maximum atomic E-state index is 11.8. The largest absolute Gasteiger partial charge is 0.385 e. The molecule has 0 radical (unpaired) electrons. The monoisotopic (exact) mass is 310 g/mol. The third-order valence-electron chi connectivity index (χ3n) is 3.77. The number of anilines is 1. The standard InChI is InChI=1S/C20H26N2O/c1-17-11-13-18(14-12-17)7-5-10-20(23)22-16-6-15-21-19-8-3-2-4-9-19/h2-4,8-9,11-14,21H,5-7,10,15-16H2,1H3,(H,22,23). The number of aryl methyl sites for hydroxylation is 2. The summed E-state index contributed by atoms with van der Waals surface area (Å²) in [5.41, 5.74) is 3.70. The van der Waals surface area contributed by atoms with Crippen LogP contribution in [0.25, 0.3) is 0 Å². The van der Waals surface area contributed by atoms with Crippen molar-refractivity contribution in [2.45, 2.75) is 32.6 Å². The van der Waals surface area contributed by atoms with Gasteiger partial charge in [0.25, 0.3) is 0 Å². The Kier molecular flexibility index (Phi) is 7.18. The molecule has 0 aromatic heterocycles. The number of rotatable bonds is 9. The van der Waals surface area contributed by atoms with Crippen molar-refractivity contribution >= 4 is 11.6 Å². The lowest BCUT2D eigenvalue weighted by Gasteiger charge is -2.07. The number of benzene rings is 2. The third-order valence-corrected chi connectivity index (χ3v) is 3.77. The first kappa shape index (κ1) is 17.1. The van der Waals surface area contributed by atoms with Crippen LogP contribution in [0.2, 0.25) is 0 Å². The normalized spacial score (nSPS) is 10.3. The van der Waals surface area contributed by atoms with E-state index in [1.165, 1.54) is 11.1 Å². The molecule has 2 aromatic carbocycles. The van der Waals surface area contributed by atoms with Crippen molar-refractivity contribution in [3.8, 4) is 0 Å². The molecule has 2 N–H and O–H groups in total. The van der Waals surface area contributed by atoms with E-state index in [2.05, 4.69) is 41.8 Å². The zero-order valence-corrected chi connectivity index (χ0v) is 13.8. The second-order valence-electron chi connectivity index (χ2n) is 5.84. The molecular formula is C20H26N2O. The first-order valence-corrected chi connectivity index (χ1v) is 8.35. The van der Waals surface area contributed by atoms with E-state index in [0.29, 0.717) is 6.42 Å². The summed E-state index contributed by atoms with van der Waals surface area (Å²) in [7, 11) is 0. The first-order valence-electron chi connectivity index (χ1n) is 8.35. The Bertz CT molecular complexity index is 578. The van der Waals surface area contributed by atoms with E-state index >= 15 is 0 Å². The van der Waals surface area contributed by atoms with Crippen LogP contribution in [0.5, 0.6) is 0 Å². The number of carbonyl (C=O) groups excluding carboxylic acids is 1. The number of hydrogen-bond acceptors (Lipinski definition) is 2. The van der Waals surface area contributed by atoms with Crippen LogP contribution in [0.15, 0.2) is 54.6 Å². The topological polar surface area (TPSA) is 41.1 Å². The van der Waals surface area contributed by atoms with Crippen molar-refractivity contribution in [1.29, 1.82) is 0 Å². The van der Waals surface area contributed by atoms with Gasteiger partial charge in [0.2, 0.25) is 5.91 Å². The van der Waals surface area contributed by atoms with Gasteiger partial charge in [-0.3, -0.25) is 4.79 Å². The van der Waals surface area contributed by atoms with Gasteiger partial charge in [0.1, 0.15) is 0 Å². The van der Waals surface area contributed by atoms with Crippen molar-refractivity contribution in [2.75, 3.05) is 18.4 Å². The number of hydrogen-bond donors (Lipinski definition) is 2. The summed E-state index contributed by atoms with van der Waals surface area (Å²) in [5.74, 6) is 0.150. The molecule has 23 heavy (non-hydrogen) atoms. The van der Waals surface area contributed by atoms with Gasteiger partial charge in [0.05, 0.1) is 0 Å². The van der Waals surface area contributed by atoms with Crippen LogP contribution < -0.4 is 10.6 Å².